The summed E-state index contributed by atoms with van der Waals surface area (Å²) in [5.41, 5.74) is 4.50. The van der Waals surface area contributed by atoms with Gasteiger partial charge in [0.05, 0.1) is 18.8 Å². The SMILES string of the molecule is CC(C)(C)OC(N)=O.OC1CCC(c2cc(F)ccc2F)OC1. The predicted octanol–water partition coefficient (Wildman–Crippen LogP) is 3.06. The molecule has 7 heteroatoms. The molecule has 1 aromatic carbocycles. The summed E-state index contributed by atoms with van der Waals surface area (Å²) in [6.07, 6.45) is -0.582. The van der Waals surface area contributed by atoms with E-state index in [-0.39, 0.29) is 12.2 Å². The van der Waals surface area contributed by atoms with Crippen molar-refractivity contribution in [3.05, 3.63) is 35.4 Å². The van der Waals surface area contributed by atoms with E-state index in [1.165, 1.54) is 0 Å². The van der Waals surface area contributed by atoms with E-state index in [1.54, 1.807) is 20.8 Å². The van der Waals surface area contributed by atoms with Gasteiger partial charge in [0.15, 0.2) is 0 Å². The summed E-state index contributed by atoms with van der Waals surface area (Å²) < 4.78 is 36.1. The maximum absolute atomic E-state index is 13.3. The van der Waals surface area contributed by atoms with E-state index in [0.29, 0.717) is 12.8 Å². The summed E-state index contributed by atoms with van der Waals surface area (Å²) in [5, 5.41) is 9.20. The van der Waals surface area contributed by atoms with E-state index in [2.05, 4.69) is 4.74 Å². The van der Waals surface area contributed by atoms with Crippen LogP contribution < -0.4 is 5.73 Å². The highest BCUT2D eigenvalue weighted by Gasteiger charge is 2.24. The Balaban J connectivity index is 0.000000284. The van der Waals surface area contributed by atoms with Crippen LogP contribution in [0.3, 0.4) is 0 Å². The summed E-state index contributed by atoms with van der Waals surface area (Å²) in [7, 11) is 0. The summed E-state index contributed by atoms with van der Waals surface area (Å²) in [5.74, 6) is -0.932. The summed E-state index contributed by atoms with van der Waals surface area (Å²) >= 11 is 0. The number of hydrogen-bond donors (Lipinski definition) is 2. The molecule has 2 rings (SSSR count). The molecule has 0 saturated carbocycles. The third-order valence-corrected chi connectivity index (χ3v) is 2.96. The number of benzene rings is 1. The first-order valence-electron chi connectivity index (χ1n) is 7.31. The molecule has 130 valence electrons. The Kier molecular flexibility index (Phi) is 6.90. The first kappa shape index (κ1) is 19.3. The number of amides is 1. The van der Waals surface area contributed by atoms with Crippen molar-refractivity contribution in [1.29, 1.82) is 0 Å². The van der Waals surface area contributed by atoms with E-state index in [0.717, 1.165) is 18.2 Å². The monoisotopic (exact) mass is 331 g/mol. The van der Waals surface area contributed by atoms with Crippen LogP contribution in [-0.2, 0) is 9.47 Å². The zero-order chi connectivity index (χ0) is 17.6. The molecule has 1 aliphatic heterocycles. The van der Waals surface area contributed by atoms with Crippen LogP contribution in [-0.4, -0.2) is 29.5 Å². The number of carbonyl (C=O) groups excluding carboxylic acids is 1. The van der Waals surface area contributed by atoms with Crippen molar-refractivity contribution in [1.82, 2.24) is 0 Å². The van der Waals surface area contributed by atoms with Gasteiger partial charge >= 0.3 is 6.09 Å². The Morgan fingerprint density at radius 1 is 1.35 bits per heavy atom. The van der Waals surface area contributed by atoms with Crippen molar-refractivity contribution in [2.24, 2.45) is 5.73 Å². The van der Waals surface area contributed by atoms with Gasteiger partial charge < -0.3 is 20.3 Å². The van der Waals surface area contributed by atoms with Gasteiger partial charge in [-0.25, -0.2) is 13.6 Å². The molecule has 1 heterocycles. The molecule has 2 atom stereocenters. The second-order valence-electron chi connectivity index (χ2n) is 6.25. The van der Waals surface area contributed by atoms with Gasteiger partial charge in [-0.2, -0.15) is 0 Å². The van der Waals surface area contributed by atoms with E-state index < -0.39 is 35.5 Å². The Morgan fingerprint density at radius 2 is 2.00 bits per heavy atom. The molecular weight excluding hydrogens is 308 g/mol. The molecule has 5 nitrogen and oxygen atoms in total. The van der Waals surface area contributed by atoms with Crippen LogP contribution in [0.25, 0.3) is 0 Å². The lowest BCUT2D eigenvalue weighted by molar-refractivity contribution is -0.0581. The Hall–Kier alpha value is -1.73. The zero-order valence-electron chi connectivity index (χ0n) is 13.5. The standard InChI is InChI=1S/C11H12F2O2.C5H11NO2/c12-7-1-3-10(13)9(5-7)11-4-2-8(14)6-15-11;1-5(2,3)8-4(6)7/h1,3,5,8,11,14H,2,4,6H2;1-3H3,(H2,6,7). The van der Waals surface area contributed by atoms with E-state index in [9.17, 15) is 18.7 Å². The number of hydrogen-bond acceptors (Lipinski definition) is 4. The topological polar surface area (TPSA) is 81.8 Å². The maximum atomic E-state index is 13.3. The number of carbonyl (C=O) groups is 1. The molecule has 0 bridgehead atoms. The largest absolute Gasteiger partial charge is 0.444 e. The van der Waals surface area contributed by atoms with Crippen LogP contribution in [0.15, 0.2) is 18.2 Å². The highest BCUT2D eigenvalue weighted by molar-refractivity contribution is 5.65. The first-order chi connectivity index (χ1) is 10.6. The smallest absolute Gasteiger partial charge is 0.405 e. The molecule has 3 N–H and O–H groups in total. The molecule has 1 fully saturated rings. The summed E-state index contributed by atoms with van der Waals surface area (Å²) in [4.78, 5) is 10.0. The second-order valence-corrected chi connectivity index (χ2v) is 6.25. The molecule has 23 heavy (non-hydrogen) atoms. The molecule has 0 radical (unpaired) electrons. The van der Waals surface area contributed by atoms with Crippen molar-refractivity contribution < 1.29 is 28.2 Å². The fourth-order valence-corrected chi connectivity index (χ4v) is 2.05. The van der Waals surface area contributed by atoms with E-state index in [1.807, 2.05) is 0 Å². The van der Waals surface area contributed by atoms with Crippen molar-refractivity contribution in [2.45, 2.75) is 51.4 Å². The lowest BCUT2D eigenvalue weighted by atomic mass is 10.00. The van der Waals surface area contributed by atoms with Crippen LogP contribution in [0.4, 0.5) is 13.6 Å². The Bertz CT molecular complexity index is 523. The lowest BCUT2D eigenvalue weighted by Crippen LogP contribution is -2.27. The van der Waals surface area contributed by atoms with Crippen LogP contribution in [0.1, 0.15) is 45.3 Å². The number of aliphatic hydroxyl groups is 1. The normalized spacial score (nSPS) is 21.1. The third-order valence-electron chi connectivity index (χ3n) is 2.96. The van der Waals surface area contributed by atoms with Gasteiger partial charge in [-0.3, -0.25) is 0 Å². The van der Waals surface area contributed by atoms with Crippen LogP contribution in [0.5, 0.6) is 0 Å². The third kappa shape index (κ3) is 7.38. The minimum atomic E-state index is -0.725. The van der Waals surface area contributed by atoms with Crippen molar-refractivity contribution in [2.75, 3.05) is 6.61 Å². The Labute approximate surface area is 134 Å². The minimum Gasteiger partial charge on any atom is -0.444 e. The molecule has 0 aliphatic carbocycles. The Morgan fingerprint density at radius 3 is 2.43 bits per heavy atom. The van der Waals surface area contributed by atoms with Gasteiger partial charge in [-0.1, -0.05) is 0 Å². The molecule has 1 aromatic rings. The van der Waals surface area contributed by atoms with Gasteiger partial charge in [0, 0.05) is 5.56 Å². The van der Waals surface area contributed by atoms with Gasteiger partial charge in [-0.15, -0.1) is 0 Å². The van der Waals surface area contributed by atoms with Gasteiger partial charge in [-0.05, 0) is 51.8 Å². The van der Waals surface area contributed by atoms with Gasteiger partial charge in [0.1, 0.15) is 17.2 Å². The lowest BCUT2D eigenvalue weighted by Gasteiger charge is -2.26. The molecule has 1 amide bonds. The predicted molar refractivity (Wildman–Crippen MR) is 80.7 cm³/mol. The fraction of sp³-hybridized carbons (Fsp3) is 0.562. The molecule has 1 saturated heterocycles. The molecule has 1 aliphatic rings. The molecule has 2 unspecified atom stereocenters. The molecular formula is C16H23F2NO4. The highest BCUT2D eigenvalue weighted by atomic mass is 19.1. The van der Waals surface area contributed by atoms with E-state index >= 15 is 0 Å². The average Bonchev–Trinajstić information content (AvgIpc) is 2.40. The van der Waals surface area contributed by atoms with Crippen LogP contribution in [0.2, 0.25) is 0 Å². The van der Waals surface area contributed by atoms with E-state index in [4.69, 9.17) is 10.5 Å². The number of rotatable bonds is 1. The summed E-state index contributed by atoms with van der Waals surface area (Å²) in [6.45, 7) is 5.47. The number of primary amides is 1. The number of nitrogens with two attached hydrogens (primary N) is 1. The van der Waals surface area contributed by atoms with Crippen molar-refractivity contribution in [3.63, 3.8) is 0 Å². The van der Waals surface area contributed by atoms with Crippen LogP contribution >= 0.6 is 0 Å². The number of aliphatic hydroxyl groups excluding tert-OH is 1. The minimum absolute atomic E-state index is 0.181. The number of ether oxygens (including phenoxy) is 2. The second kappa shape index (κ2) is 8.21. The van der Waals surface area contributed by atoms with Gasteiger partial charge in [0.25, 0.3) is 0 Å². The number of halogens is 2. The van der Waals surface area contributed by atoms with Crippen LogP contribution in [0, 0.1) is 11.6 Å². The average molecular weight is 331 g/mol. The molecule has 0 spiro atoms. The quantitative estimate of drug-likeness (QED) is 0.828. The van der Waals surface area contributed by atoms with Gasteiger partial charge in [0.2, 0.25) is 0 Å². The first-order valence-corrected chi connectivity index (χ1v) is 7.31. The summed E-state index contributed by atoms with van der Waals surface area (Å²) in [6, 6.07) is 3.33. The fourth-order valence-electron chi connectivity index (χ4n) is 2.05. The highest BCUT2D eigenvalue weighted by Crippen LogP contribution is 2.30. The maximum Gasteiger partial charge on any atom is 0.405 e. The van der Waals surface area contributed by atoms with Crippen molar-refractivity contribution in [3.8, 4) is 0 Å². The zero-order valence-corrected chi connectivity index (χ0v) is 13.5. The molecule has 0 aromatic heterocycles. The van der Waals surface area contributed by atoms with Crippen molar-refractivity contribution >= 4 is 6.09 Å².